The molecular formula is C39H46F2N4O2. The van der Waals surface area contributed by atoms with E-state index < -0.39 is 11.3 Å². The number of anilines is 1. The maximum atomic E-state index is 16.5. The number of phenols is 1. The monoisotopic (exact) mass is 640 g/mol. The SMILES string of the molecule is CCC12CCCN3CCC4(c5c(O)ccc(C6CC7(C(C)(F)F)CCCN8CCc9c(n6c6ccccc96)C87)c5N(C=O)C4CC1)C32. The number of amides is 1. The van der Waals surface area contributed by atoms with Crippen LogP contribution in [0.2, 0.25) is 0 Å². The zero-order valence-corrected chi connectivity index (χ0v) is 27.7. The van der Waals surface area contributed by atoms with E-state index >= 15 is 8.78 Å². The lowest BCUT2D eigenvalue weighted by atomic mass is 9.52. The number of hydrogen-bond acceptors (Lipinski definition) is 4. The third-order valence-corrected chi connectivity index (χ3v) is 15.0. The Hall–Kier alpha value is -2.97. The van der Waals surface area contributed by atoms with Gasteiger partial charge < -0.3 is 14.6 Å². The van der Waals surface area contributed by atoms with Crippen molar-refractivity contribution in [3.05, 3.63) is 58.8 Å². The molecule has 2 aromatic carbocycles. The van der Waals surface area contributed by atoms with Crippen LogP contribution >= 0.6 is 0 Å². The van der Waals surface area contributed by atoms with Gasteiger partial charge >= 0.3 is 0 Å². The number of nitrogens with zero attached hydrogens (tertiary/aromatic N) is 4. The molecule has 1 amide bonds. The van der Waals surface area contributed by atoms with E-state index in [-0.39, 0.29) is 40.7 Å². The first-order valence-corrected chi connectivity index (χ1v) is 18.3. The van der Waals surface area contributed by atoms with Crippen LogP contribution in [0.25, 0.3) is 10.9 Å². The molecule has 1 N–H and O–H groups in total. The maximum Gasteiger partial charge on any atom is 0.252 e. The quantitative estimate of drug-likeness (QED) is 0.304. The van der Waals surface area contributed by atoms with E-state index in [1.54, 1.807) is 0 Å². The van der Waals surface area contributed by atoms with Crippen LogP contribution < -0.4 is 4.90 Å². The Balaban J connectivity index is 1.26. The molecule has 0 radical (unpaired) electrons. The van der Waals surface area contributed by atoms with Crippen molar-refractivity contribution in [2.75, 3.05) is 31.1 Å². The normalized spacial score (nSPS) is 37.4. The number of para-hydroxylation sites is 1. The van der Waals surface area contributed by atoms with Gasteiger partial charge in [0.15, 0.2) is 0 Å². The lowest BCUT2D eigenvalue weighted by molar-refractivity contribution is -0.186. The predicted octanol–water partition coefficient (Wildman–Crippen LogP) is 7.32. The molecule has 1 aliphatic carbocycles. The van der Waals surface area contributed by atoms with Crippen LogP contribution in [0.1, 0.15) is 106 Å². The standard InChI is InChI=1S/C39H46F2N4O2/c1-3-37-14-6-19-43-21-17-39(35(37)43)30(12-16-37)44(23-46)32-26(10-11-29(47)31(32)39)28-22-38(36(2,40)41)15-7-18-42-20-13-25-24-8-4-5-9-27(24)45(28)33(25)34(38)42/h4-5,8-11,23,28,30,34-35,47H,3,6-7,12-22H2,1-2H3. The van der Waals surface area contributed by atoms with Gasteiger partial charge in [0.05, 0.1) is 23.2 Å². The number of hydrogen-bond donors (Lipinski definition) is 1. The summed E-state index contributed by atoms with van der Waals surface area (Å²) in [7, 11) is 0. The largest absolute Gasteiger partial charge is 0.508 e. The molecule has 0 bridgehead atoms. The number of rotatable bonds is 4. The lowest BCUT2D eigenvalue weighted by Gasteiger charge is -2.58. The number of aromatic hydroxyl groups is 1. The molecule has 7 atom stereocenters. The molecule has 8 heteroatoms. The first kappa shape index (κ1) is 29.0. The molecule has 6 nitrogen and oxygen atoms in total. The lowest BCUT2D eigenvalue weighted by Crippen LogP contribution is -2.64. The molecule has 47 heavy (non-hydrogen) atoms. The van der Waals surface area contributed by atoms with Crippen molar-refractivity contribution >= 4 is 23.0 Å². The van der Waals surface area contributed by atoms with Gasteiger partial charge in [-0.15, -0.1) is 0 Å². The summed E-state index contributed by atoms with van der Waals surface area (Å²) in [5.74, 6) is -2.62. The molecule has 4 fully saturated rings. The summed E-state index contributed by atoms with van der Waals surface area (Å²) in [4.78, 5) is 20.4. The van der Waals surface area contributed by atoms with Crippen molar-refractivity contribution < 1.29 is 18.7 Å². The Bertz CT molecular complexity index is 1830. The predicted molar refractivity (Wildman–Crippen MR) is 178 cm³/mol. The molecule has 7 unspecified atom stereocenters. The minimum Gasteiger partial charge on any atom is -0.508 e. The van der Waals surface area contributed by atoms with Gasteiger partial charge in [-0.05, 0) is 119 Å². The third kappa shape index (κ3) is 3.26. The highest BCUT2D eigenvalue weighted by Gasteiger charge is 2.70. The van der Waals surface area contributed by atoms with Gasteiger partial charge in [0, 0.05) is 46.2 Å². The van der Waals surface area contributed by atoms with Gasteiger partial charge in [-0.2, -0.15) is 0 Å². The number of halogens is 2. The van der Waals surface area contributed by atoms with Gasteiger partial charge in [-0.1, -0.05) is 31.2 Å². The number of piperidine rings is 2. The molecule has 1 aromatic heterocycles. The van der Waals surface area contributed by atoms with Crippen molar-refractivity contribution in [2.45, 2.75) is 114 Å². The summed E-state index contributed by atoms with van der Waals surface area (Å²) >= 11 is 0. The summed E-state index contributed by atoms with van der Waals surface area (Å²) < 4.78 is 35.3. The fourth-order valence-electron chi connectivity index (χ4n) is 13.3. The fourth-order valence-corrected chi connectivity index (χ4v) is 13.3. The van der Waals surface area contributed by atoms with Crippen molar-refractivity contribution in [2.24, 2.45) is 10.8 Å². The van der Waals surface area contributed by atoms with Crippen molar-refractivity contribution in [3.63, 3.8) is 0 Å². The maximum absolute atomic E-state index is 16.5. The summed E-state index contributed by atoms with van der Waals surface area (Å²) in [6.45, 7) is 7.18. The molecule has 6 aliphatic heterocycles. The zero-order chi connectivity index (χ0) is 32.1. The molecule has 1 spiro atoms. The van der Waals surface area contributed by atoms with Crippen molar-refractivity contribution in [3.8, 4) is 5.75 Å². The molecule has 3 saturated heterocycles. The van der Waals surface area contributed by atoms with Gasteiger partial charge in [-0.25, -0.2) is 8.78 Å². The number of carbonyl (C=O) groups is 1. The molecule has 7 aliphatic rings. The third-order valence-electron chi connectivity index (χ3n) is 15.0. The Morgan fingerprint density at radius 1 is 1.00 bits per heavy atom. The Morgan fingerprint density at radius 2 is 1.81 bits per heavy atom. The van der Waals surface area contributed by atoms with Crippen LogP contribution in [-0.2, 0) is 16.6 Å². The van der Waals surface area contributed by atoms with E-state index in [1.165, 1.54) is 23.8 Å². The first-order chi connectivity index (χ1) is 22.7. The van der Waals surface area contributed by atoms with Crippen molar-refractivity contribution in [1.82, 2.24) is 14.4 Å². The number of fused-ring (bicyclic) bond motifs is 4. The van der Waals surface area contributed by atoms with Gasteiger partial charge in [-0.3, -0.25) is 14.6 Å². The summed E-state index contributed by atoms with van der Waals surface area (Å²) in [5.41, 5.74) is 4.64. The molecule has 10 rings (SSSR count). The molecule has 1 saturated carbocycles. The first-order valence-electron chi connectivity index (χ1n) is 18.3. The highest BCUT2D eigenvalue weighted by Crippen LogP contribution is 2.69. The smallest absolute Gasteiger partial charge is 0.252 e. The van der Waals surface area contributed by atoms with Crippen molar-refractivity contribution in [1.29, 1.82) is 0 Å². The van der Waals surface area contributed by atoms with E-state index in [0.29, 0.717) is 12.8 Å². The Kier molecular flexibility index (Phi) is 5.78. The van der Waals surface area contributed by atoms with E-state index in [2.05, 4.69) is 45.6 Å². The summed E-state index contributed by atoms with van der Waals surface area (Å²) in [6.07, 6.45) is 9.78. The average molecular weight is 641 g/mol. The number of aromatic nitrogens is 1. The highest BCUT2D eigenvalue weighted by atomic mass is 19.3. The molecular weight excluding hydrogens is 594 g/mol. The molecule has 7 heterocycles. The van der Waals surface area contributed by atoms with E-state index in [9.17, 15) is 9.90 Å². The second-order valence-corrected chi connectivity index (χ2v) is 16.3. The second kappa shape index (κ2) is 9.38. The van der Waals surface area contributed by atoms with Crippen LogP contribution in [0.3, 0.4) is 0 Å². The average Bonchev–Trinajstić information content (AvgIpc) is 3.73. The van der Waals surface area contributed by atoms with Crippen LogP contribution in [-0.4, -0.2) is 70.1 Å². The van der Waals surface area contributed by atoms with Crippen LogP contribution in [0.4, 0.5) is 14.5 Å². The van der Waals surface area contributed by atoms with Crippen LogP contribution in [0.15, 0.2) is 36.4 Å². The number of alkyl halides is 2. The zero-order valence-electron chi connectivity index (χ0n) is 27.7. The fraction of sp³-hybridized carbons (Fsp3) is 0.615. The minimum atomic E-state index is -2.89. The van der Waals surface area contributed by atoms with E-state index in [0.717, 1.165) is 106 Å². The van der Waals surface area contributed by atoms with Gasteiger partial charge in [0.1, 0.15) is 5.75 Å². The summed E-state index contributed by atoms with van der Waals surface area (Å²) in [6, 6.07) is 11.8. The topological polar surface area (TPSA) is 52.0 Å². The highest BCUT2D eigenvalue weighted by molar-refractivity contribution is 5.90. The van der Waals surface area contributed by atoms with Crippen LogP contribution in [0, 0.1) is 10.8 Å². The summed E-state index contributed by atoms with van der Waals surface area (Å²) in [5, 5.41) is 13.1. The Labute approximate surface area is 275 Å². The second-order valence-electron chi connectivity index (χ2n) is 16.3. The molecule has 248 valence electrons. The van der Waals surface area contributed by atoms with Gasteiger partial charge in [0.25, 0.3) is 5.92 Å². The number of benzene rings is 2. The Morgan fingerprint density at radius 3 is 2.62 bits per heavy atom. The van der Waals surface area contributed by atoms with Gasteiger partial charge in [0.2, 0.25) is 6.41 Å². The van der Waals surface area contributed by atoms with E-state index in [4.69, 9.17) is 0 Å². The minimum absolute atomic E-state index is 0.0340. The number of carbonyl (C=O) groups excluding carboxylic acids is 1. The molecule has 3 aromatic rings. The van der Waals surface area contributed by atoms with Crippen LogP contribution in [0.5, 0.6) is 5.75 Å². The van der Waals surface area contributed by atoms with E-state index in [1.807, 2.05) is 17.0 Å². The number of phenolic OH excluding ortho intramolecular Hbond substituents is 1.